The van der Waals surface area contributed by atoms with E-state index in [4.69, 9.17) is 4.74 Å². The van der Waals surface area contributed by atoms with Gasteiger partial charge in [-0.1, -0.05) is 28.1 Å². The summed E-state index contributed by atoms with van der Waals surface area (Å²) in [5, 5.41) is 10.9. The predicted octanol–water partition coefficient (Wildman–Crippen LogP) is 2.89. The fourth-order valence-corrected chi connectivity index (χ4v) is 2.42. The third-order valence-corrected chi connectivity index (χ3v) is 3.94. The van der Waals surface area contributed by atoms with Gasteiger partial charge >= 0.3 is 0 Å². The predicted molar refractivity (Wildman–Crippen MR) is 97.7 cm³/mol. The highest BCUT2D eigenvalue weighted by Crippen LogP contribution is 2.20. The molecule has 2 aromatic rings. The van der Waals surface area contributed by atoms with Crippen LogP contribution in [0.5, 0.6) is 5.75 Å². The molecule has 1 unspecified atom stereocenters. The van der Waals surface area contributed by atoms with Gasteiger partial charge in [-0.15, -0.1) is 0 Å². The lowest BCUT2D eigenvalue weighted by Crippen LogP contribution is -2.47. The standard InChI is InChI=1S/C17H16BrN3O5/c1-10-6-7-12(8-15(10)21(24)25)17(23)20-19-16(22)11(2)26-14-5-3-4-13(18)9-14/h3-9,11H,1-2H3,(H,19,22)(H,20,23). The maximum atomic E-state index is 12.1. The third-order valence-electron chi connectivity index (χ3n) is 3.45. The molecule has 0 aliphatic carbocycles. The van der Waals surface area contributed by atoms with Crippen molar-refractivity contribution in [2.45, 2.75) is 20.0 Å². The van der Waals surface area contributed by atoms with Crippen LogP contribution in [0, 0.1) is 17.0 Å². The zero-order valence-corrected chi connectivity index (χ0v) is 15.6. The number of carbonyl (C=O) groups is 2. The Morgan fingerprint density at radius 3 is 2.58 bits per heavy atom. The Morgan fingerprint density at radius 1 is 1.19 bits per heavy atom. The van der Waals surface area contributed by atoms with Crippen LogP contribution in [0.3, 0.4) is 0 Å². The van der Waals surface area contributed by atoms with E-state index in [9.17, 15) is 19.7 Å². The normalized spacial score (nSPS) is 11.3. The summed E-state index contributed by atoms with van der Waals surface area (Å²) in [6.07, 6.45) is -0.864. The monoisotopic (exact) mass is 421 g/mol. The smallest absolute Gasteiger partial charge is 0.279 e. The van der Waals surface area contributed by atoms with Gasteiger partial charge in [0.05, 0.1) is 4.92 Å². The highest BCUT2D eigenvalue weighted by atomic mass is 79.9. The largest absolute Gasteiger partial charge is 0.481 e. The summed E-state index contributed by atoms with van der Waals surface area (Å²) < 4.78 is 6.28. The van der Waals surface area contributed by atoms with Gasteiger partial charge in [-0.2, -0.15) is 0 Å². The summed E-state index contributed by atoms with van der Waals surface area (Å²) in [6, 6.07) is 11.0. The molecule has 26 heavy (non-hydrogen) atoms. The number of hydrogen-bond donors (Lipinski definition) is 2. The van der Waals surface area contributed by atoms with Crippen molar-refractivity contribution in [2.75, 3.05) is 0 Å². The number of benzene rings is 2. The number of nitro groups is 1. The fourth-order valence-electron chi connectivity index (χ4n) is 2.04. The summed E-state index contributed by atoms with van der Waals surface area (Å²) in [5.41, 5.74) is 4.77. The first-order valence-corrected chi connectivity index (χ1v) is 8.34. The molecule has 0 aromatic heterocycles. The Bertz CT molecular complexity index is 856. The first kappa shape index (κ1) is 19.4. The molecule has 8 nitrogen and oxygen atoms in total. The SMILES string of the molecule is Cc1ccc(C(=O)NNC(=O)C(C)Oc2cccc(Br)c2)cc1[N+](=O)[O-]. The van der Waals surface area contributed by atoms with Crippen molar-refractivity contribution in [1.82, 2.24) is 10.9 Å². The second kappa shape index (κ2) is 8.43. The highest BCUT2D eigenvalue weighted by molar-refractivity contribution is 9.10. The summed E-state index contributed by atoms with van der Waals surface area (Å²) >= 11 is 3.30. The number of nitro benzene ring substituents is 1. The number of ether oxygens (including phenoxy) is 1. The van der Waals surface area contributed by atoms with Crippen molar-refractivity contribution < 1.29 is 19.2 Å². The van der Waals surface area contributed by atoms with Gasteiger partial charge in [-0.05, 0) is 38.1 Å². The molecule has 0 spiro atoms. The molecule has 2 aromatic carbocycles. The summed E-state index contributed by atoms with van der Waals surface area (Å²) in [4.78, 5) is 34.5. The Morgan fingerprint density at radius 2 is 1.92 bits per heavy atom. The molecule has 2 N–H and O–H groups in total. The lowest BCUT2D eigenvalue weighted by atomic mass is 10.1. The van der Waals surface area contributed by atoms with Gasteiger partial charge in [0, 0.05) is 21.7 Å². The Kier molecular flexibility index (Phi) is 6.29. The topological polar surface area (TPSA) is 111 Å². The van der Waals surface area contributed by atoms with Crippen LogP contribution in [0.15, 0.2) is 46.9 Å². The second-order valence-corrected chi connectivity index (χ2v) is 6.33. The first-order valence-electron chi connectivity index (χ1n) is 7.55. The number of halogens is 1. The minimum absolute atomic E-state index is 0.0585. The Hall–Kier alpha value is -2.94. The van der Waals surface area contributed by atoms with E-state index in [1.165, 1.54) is 19.1 Å². The summed E-state index contributed by atoms with van der Waals surface area (Å²) in [7, 11) is 0. The van der Waals surface area contributed by atoms with Gasteiger partial charge in [-0.25, -0.2) is 0 Å². The number of nitrogens with one attached hydrogen (secondary N) is 2. The van der Waals surface area contributed by atoms with Crippen LogP contribution < -0.4 is 15.6 Å². The molecule has 136 valence electrons. The van der Waals surface area contributed by atoms with E-state index < -0.39 is 22.8 Å². The maximum Gasteiger partial charge on any atom is 0.279 e. The molecule has 0 aliphatic heterocycles. The van der Waals surface area contributed by atoms with Crippen molar-refractivity contribution in [3.05, 3.63) is 68.2 Å². The fraction of sp³-hybridized carbons (Fsp3) is 0.176. The molecule has 0 fully saturated rings. The van der Waals surface area contributed by atoms with E-state index in [0.29, 0.717) is 11.3 Å². The van der Waals surface area contributed by atoms with Crippen LogP contribution in [0.2, 0.25) is 0 Å². The van der Waals surface area contributed by atoms with Crippen LogP contribution in [0.4, 0.5) is 5.69 Å². The lowest BCUT2D eigenvalue weighted by molar-refractivity contribution is -0.385. The quantitative estimate of drug-likeness (QED) is 0.569. The van der Waals surface area contributed by atoms with Crippen molar-refractivity contribution in [1.29, 1.82) is 0 Å². The zero-order valence-electron chi connectivity index (χ0n) is 14.0. The van der Waals surface area contributed by atoms with Gasteiger partial charge in [0.25, 0.3) is 17.5 Å². The highest BCUT2D eigenvalue weighted by Gasteiger charge is 2.18. The van der Waals surface area contributed by atoms with E-state index in [0.717, 1.165) is 10.5 Å². The van der Waals surface area contributed by atoms with Crippen molar-refractivity contribution in [3.63, 3.8) is 0 Å². The van der Waals surface area contributed by atoms with Gasteiger partial charge in [0.15, 0.2) is 6.10 Å². The van der Waals surface area contributed by atoms with Crippen molar-refractivity contribution in [3.8, 4) is 5.75 Å². The number of carbonyl (C=O) groups excluding carboxylic acids is 2. The average Bonchev–Trinajstić information content (AvgIpc) is 2.59. The van der Waals surface area contributed by atoms with Crippen LogP contribution in [0.1, 0.15) is 22.8 Å². The van der Waals surface area contributed by atoms with Crippen LogP contribution in [-0.2, 0) is 4.79 Å². The molecule has 0 saturated heterocycles. The van der Waals surface area contributed by atoms with Crippen molar-refractivity contribution in [2.24, 2.45) is 0 Å². The molecule has 0 aliphatic rings. The summed E-state index contributed by atoms with van der Waals surface area (Å²) in [5.74, 6) is -0.751. The minimum Gasteiger partial charge on any atom is -0.481 e. The van der Waals surface area contributed by atoms with E-state index in [2.05, 4.69) is 26.8 Å². The van der Waals surface area contributed by atoms with Gasteiger partial charge < -0.3 is 4.74 Å². The number of nitrogens with zero attached hydrogens (tertiary/aromatic N) is 1. The number of hydrogen-bond acceptors (Lipinski definition) is 5. The van der Waals surface area contributed by atoms with Crippen LogP contribution in [0.25, 0.3) is 0 Å². The minimum atomic E-state index is -0.864. The molecule has 9 heteroatoms. The molecule has 0 saturated carbocycles. The molecular weight excluding hydrogens is 406 g/mol. The number of rotatable bonds is 5. The zero-order chi connectivity index (χ0) is 19.3. The average molecular weight is 422 g/mol. The Labute approximate surface area is 157 Å². The Balaban J connectivity index is 1.95. The molecule has 0 bridgehead atoms. The third kappa shape index (κ3) is 5.03. The van der Waals surface area contributed by atoms with Gasteiger partial charge in [-0.3, -0.25) is 30.6 Å². The number of amides is 2. The van der Waals surface area contributed by atoms with Crippen LogP contribution >= 0.6 is 15.9 Å². The van der Waals surface area contributed by atoms with E-state index in [1.807, 2.05) is 6.07 Å². The first-order chi connectivity index (χ1) is 12.3. The van der Waals surface area contributed by atoms with E-state index in [1.54, 1.807) is 25.1 Å². The molecule has 0 radical (unpaired) electrons. The van der Waals surface area contributed by atoms with E-state index in [-0.39, 0.29) is 11.3 Å². The number of aryl methyl sites for hydroxylation is 1. The van der Waals surface area contributed by atoms with Crippen molar-refractivity contribution >= 4 is 33.4 Å². The van der Waals surface area contributed by atoms with E-state index >= 15 is 0 Å². The van der Waals surface area contributed by atoms with Crippen LogP contribution in [-0.4, -0.2) is 22.8 Å². The maximum absolute atomic E-state index is 12.1. The lowest BCUT2D eigenvalue weighted by Gasteiger charge is -2.15. The van der Waals surface area contributed by atoms with Gasteiger partial charge in [0.1, 0.15) is 5.75 Å². The molecule has 2 amide bonds. The molecule has 0 heterocycles. The molecular formula is C17H16BrN3O5. The summed E-state index contributed by atoms with van der Waals surface area (Å²) in [6.45, 7) is 3.10. The second-order valence-electron chi connectivity index (χ2n) is 5.42. The van der Waals surface area contributed by atoms with Gasteiger partial charge in [0.2, 0.25) is 0 Å². The molecule has 2 rings (SSSR count). The number of hydrazine groups is 1. The molecule has 1 atom stereocenters.